The van der Waals surface area contributed by atoms with E-state index in [0.717, 1.165) is 22.7 Å². The fraction of sp³-hybridized carbons (Fsp3) is 0.286. The number of thiazole rings is 1. The Morgan fingerprint density at radius 3 is 2.88 bits per heavy atom. The Morgan fingerprint density at radius 1 is 1.60 bits per heavy atom. The van der Waals surface area contributed by atoms with Gasteiger partial charge in [0.2, 0.25) is 15.9 Å². The van der Waals surface area contributed by atoms with Crippen LogP contribution in [0.1, 0.15) is 29.9 Å². The van der Waals surface area contributed by atoms with Crippen LogP contribution in [-0.2, 0) is 14.8 Å². The highest BCUT2D eigenvalue weighted by Crippen LogP contribution is 2.39. The Kier molecular flexibility index (Phi) is 7.03. The maximum absolute atomic E-state index is 12.6. The largest absolute Gasteiger partial charge is 0.406 e. The van der Waals surface area contributed by atoms with E-state index in [1.807, 2.05) is 6.92 Å². The summed E-state index contributed by atoms with van der Waals surface area (Å²) in [5, 5.41) is 0.561. The van der Waals surface area contributed by atoms with Crippen LogP contribution in [0.15, 0.2) is 28.6 Å². The molecule has 2 aromatic rings. The van der Waals surface area contributed by atoms with Gasteiger partial charge in [0.15, 0.2) is 5.13 Å². The zero-order valence-electron chi connectivity index (χ0n) is 13.0. The molecule has 0 bridgehead atoms. The lowest BCUT2D eigenvalue weighted by Gasteiger charge is -2.13. The van der Waals surface area contributed by atoms with Gasteiger partial charge in [-0.25, -0.2) is 8.42 Å². The van der Waals surface area contributed by atoms with E-state index >= 15 is 0 Å². The molecule has 0 radical (unpaired) electrons. The maximum Gasteiger partial charge on any atom is 0.312 e. The van der Waals surface area contributed by atoms with Gasteiger partial charge in [-0.15, -0.1) is 29.3 Å². The van der Waals surface area contributed by atoms with E-state index in [0.29, 0.717) is 20.1 Å². The molecule has 11 heteroatoms. The summed E-state index contributed by atoms with van der Waals surface area (Å²) in [6.07, 6.45) is 2.23. The van der Waals surface area contributed by atoms with Crippen LogP contribution >= 0.6 is 50.2 Å². The predicted octanol–water partition coefficient (Wildman–Crippen LogP) is 5.00. The Labute approximate surface area is 167 Å². The lowest BCUT2D eigenvalue weighted by molar-refractivity contribution is -0.134. The van der Waals surface area contributed by atoms with Crippen LogP contribution in [0, 0.1) is 0 Å². The van der Waals surface area contributed by atoms with Crippen molar-refractivity contribution in [1.82, 2.24) is 4.98 Å². The average Bonchev–Trinajstić information content (AvgIpc) is 3.06. The molecule has 2 rings (SSSR count). The minimum Gasteiger partial charge on any atom is -0.406 e. The SMILES string of the molecule is C=CC(c1sc(Cl)cc1Br)S(=O)(=O)Nc1nc(OC(=O)CCC)cs1. The molecular formula is C14H14BrClN2O4S3. The van der Waals surface area contributed by atoms with Crippen molar-refractivity contribution < 1.29 is 17.9 Å². The van der Waals surface area contributed by atoms with Crippen LogP contribution in [0.2, 0.25) is 4.34 Å². The van der Waals surface area contributed by atoms with E-state index in [2.05, 4.69) is 32.2 Å². The second kappa shape index (κ2) is 8.63. The topological polar surface area (TPSA) is 85.4 Å². The normalized spacial score (nSPS) is 12.6. The number of nitrogens with zero attached hydrogens (tertiary/aromatic N) is 1. The van der Waals surface area contributed by atoms with Crippen LogP contribution in [0.3, 0.4) is 0 Å². The van der Waals surface area contributed by atoms with Crippen molar-refractivity contribution in [3.05, 3.63) is 37.8 Å². The molecule has 0 spiro atoms. The van der Waals surface area contributed by atoms with Gasteiger partial charge in [0, 0.05) is 15.8 Å². The van der Waals surface area contributed by atoms with Crippen molar-refractivity contribution in [2.75, 3.05) is 4.72 Å². The number of aromatic nitrogens is 1. The van der Waals surface area contributed by atoms with Gasteiger partial charge in [-0.2, -0.15) is 4.98 Å². The molecule has 6 nitrogen and oxygen atoms in total. The fourth-order valence-electron chi connectivity index (χ4n) is 1.83. The number of rotatable bonds is 8. The molecule has 2 aromatic heterocycles. The molecule has 2 heterocycles. The van der Waals surface area contributed by atoms with Gasteiger partial charge < -0.3 is 4.74 Å². The van der Waals surface area contributed by atoms with Crippen LogP contribution in [0.4, 0.5) is 5.13 Å². The Bertz CT molecular complexity index is 879. The quantitative estimate of drug-likeness (QED) is 0.420. The summed E-state index contributed by atoms with van der Waals surface area (Å²) >= 11 is 11.4. The van der Waals surface area contributed by atoms with E-state index in [1.54, 1.807) is 6.07 Å². The van der Waals surface area contributed by atoms with Gasteiger partial charge >= 0.3 is 5.97 Å². The van der Waals surface area contributed by atoms with Crippen molar-refractivity contribution in [1.29, 1.82) is 0 Å². The first kappa shape index (κ1) is 20.4. The van der Waals surface area contributed by atoms with E-state index in [-0.39, 0.29) is 17.4 Å². The molecule has 0 fully saturated rings. The molecule has 1 atom stereocenters. The average molecular weight is 486 g/mol. The van der Waals surface area contributed by atoms with Gasteiger partial charge in [0.05, 0.1) is 9.72 Å². The molecule has 0 saturated heterocycles. The number of esters is 1. The number of nitrogens with one attached hydrogen (secondary N) is 1. The van der Waals surface area contributed by atoms with Gasteiger partial charge in [-0.3, -0.25) is 9.52 Å². The molecule has 1 N–H and O–H groups in total. The summed E-state index contributed by atoms with van der Waals surface area (Å²) in [5.74, 6) is -0.347. The molecule has 1 unspecified atom stereocenters. The monoisotopic (exact) mass is 484 g/mol. The third-order valence-electron chi connectivity index (χ3n) is 2.88. The second-order valence-corrected chi connectivity index (χ2v) is 10.0. The van der Waals surface area contributed by atoms with Gasteiger partial charge in [0.1, 0.15) is 5.25 Å². The number of ether oxygens (including phenoxy) is 1. The van der Waals surface area contributed by atoms with Gasteiger partial charge in [-0.05, 0) is 28.4 Å². The number of anilines is 1. The van der Waals surface area contributed by atoms with Gasteiger partial charge in [0.25, 0.3) is 0 Å². The van der Waals surface area contributed by atoms with E-state index in [4.69, 9.17) is 16.3 Å². The first-order valence-electron chi connectivity index (χ1n) is 7.02. The first-order chi connectivity index (χ1) is 11.8. The summed E-state index contributed by atoms with van der Waals surface area (Å²) < 4.78 is 33.8. The first-order valence-corrected chi connectivity index (χ1v) is 11.4. The third kappa shape index (κ3) is 5.27. The van der Waals surface area contributed by atoms with Crippen LogP contribution in [-0.4, -0.2) is 19.4 Å². The highest BCUT2D eigenvalue weighted by Gasteiger charge is 2.29. The highest BCUT2D eigenvalue weighted by molar-refractivity contribution is 9.10. The third-order valence-corrected chi connectivity index (χ3v) is 7.73. The number of sulfonamides is 1. The smallest absolute Gasteiger partial charge is 0.312 e. The summed E-state index contributed by atoms with van der Waals surface area (Å²) in [7, 11) is -3.85. The van der Waals surface area contributed by atoms with E-state index in [1.165, 1.54) is 11.5 Å². The van der Waals surface area contributed by atoms with Crippen molar-refractivity contribution in [3.8, 4) is 5.88 Å². The Hall–Kier alpha value is -0.940. The van der Waals surface area contributed by atoms with Crippen molar-refractivity contribution in [2.45, 2.75) is 25.0 Å². The fourth-order valence-corrected chi connectivity index (χ4v) is 6.70. The van der Waals surface area contributed by atoms with Crippen LogP contribution < -0.4 is 9.46 Å². The molecule has 0 aliphatic carbocycles. The minimum atomic E-state index is -3.85. The zero-order valence-corrected chi connectivity index (χ0v) is 17.8. The molecular weight excluding hydrogens is 472 g/mol. The summed E-state index contributed by atoms with van der Waals surface area (Å²) in [5.41, 5.74) is 0. The molecule has 0 aromatic carbocycles. The highest BCUT2D eigenvalue weighted by atomic mass is 79.9. The van der Waals surface area contributed by atoms with Crippen molar-refractivity contribution in [3.63, 3.8) is 0 Å². The summed E-state index contributed by atoms with van der Waals surface area (Å²) in [6.45, 7) is 5.45. The molecule has 136 valence electrons. The zero-order chi connectivity index (χ0) is 18.6. The maximum atomic E-state index is 12.6. The molecule has 0 aliphatic heterocycles. The van der Waals surface area contributed by atoms with Crippen molar-refractivity contribution in [2.24, 2.45) is 0 Å². The van der Waals surface area contributed by atoms with Crippen LogP contribution in [0.25, 0.3) is 0 Å². The number of thiophene rings is 1. The Balaban J connectivity index is 2.17. The number of carbonyl (C=O) groups is 1. The molecule has 25 heavy (non-hydrogen) atoms. The minimum absolute atomic E-state index is 0.0663. The molecule has 0 aliphatic rings. The summed E-state index contributed by atoms with van der Waals surface area (Å²) in [6, 6.07) is 1.63. The van der Waals surface area contributed by atoms with E-state index in [9.17, 15) is 13.2 Å². The van der Waals surface area contributed by atoms with Crippen LogP contribution in [0.5, 0.6) is 5.88 Å². The Morgan fingerprint density at radius 2 is 2.32 bits per heavy atom. The van der Waals surface area contributed by atoms with Gasteiger partial charge in [-0.1, -0.05) is 24.6 Å². The molecule has 0 saturated carbocycles. The lowest BCUT2D eigenvalue weighted by atomic mass is 10.3. The standard InChI is InChI=1S/C14H14BrClN2O4S3/c1-3-5-12(19)22-11-7-23-14(17-11)18-25(20,21)9(4-2)13-8(15)6-10(16)24-13/h4,6-7,9H,2-3,5H2,1H3,(H,17,18). The number of hydrogen-bond acceptors (Lipinski definition) is 7. The van der Waals surface area contributed by atoms with Crippen molar-refractivity contribution >= 4 is 71.3 Å². The lowest BCUT2D eigenvalue weighted by Crippen LogP contribution is -2.19. The number of carbonyl (C=O) groups excluding carboxylic acids is 1. The summed E-state index contributed by atoms with van der Waals surface area (Å²) in [4.78, 5) is 15.9. The number of halogens is 2. The molecule has 0 amide bonds. The number of hydrogen-bond donors (Lipinski definition) is 1. The van der Waals surface area contributed by atoms with E-state index < -0.39 is 21.2 Å². The second-order valence-electron chi connectivity index (χ2n) is 4.78. The predicted molar refractivity (Wildman–Crippen MR) is 105 cm³/mol.